The number of benzene rings is 3. The summed E-state index contributed by atoms with van der Waals surface area (Å²) in [6, 6.07) is 40.7. The molecule has 0 N–H and O–H groups in total. The molecule has 3 aromatic carbocycles. The molecule has 3 aromatic heterocycles. The molecule has 19 nitrogen and oxygen atoms in total. The van der Waals surface area contributed by atoms with Crippen molar-refractivity contribution in [2.75, 3.05) is 185 Å². The first-order valence-electron chi connectivity index (χ1n) is 27.2. The van der Waals surface area contributed by atoms with Gasteiger partial charge in [0.15, 0.2) is 0 Å². The smallest absolute Gasteiger partial charge is 0.534 e. The first kappa shape index (κ1) is 64.6. The van der Waals surface area contributed by atoms with Crippen molar-refractivity contribution in [1.29, 1.82) is 0 Å². The van der Waals surface area contributed by atoms with Crippen molar-refractivity contribution in [1.82, 2.24) is 15.0 Å². The van der Waals surface area contributed by atoms with Crippen molar-refractivity contribution >= 4 is 0 Å². The molecule has 6 aromatic rings. The fraction of sp³-hybridized carbons (Fsp3) is 0.459. The Hall–Kier alpha value is -5.52. The molecule has 0 amide bonds. The number of hydrogen-bond donors (Lipinski definition) is 0. The van der Waals surface area contributed by atoms with E-state index in [1.54, 1.807) is 12.4 Å². The molecule has 12 rings (SSSR count). The normalized spacial score (nSPS) is 17.7. The summed E-state index contributed by atoms with van der Waals surface area (Å²) < 4.78 is 89.2. The van der Waals surface area contributed by atoms with E-state index in [-0.39, 0.29) is 20.1 Å². The Morgan fingerprint density at radius 2 is 0.531 bits per heavy atom. The molecule has 6 aliphatic rings. The summed E-state index contributed by atoms with van der Waals surface area (Å²) in [6.07, 6.45) is 3.41. The van der Waals surface area contributed by atoms with Gasteiger partial charge in [0.25, 0.3) is 0 Å². The van der Waals surface area contributed by atoms with Crippen molar-refractivity contribution in [3.63, 3.8) is 0 Å². The van der Waals surface area contributed by atoms with Gasteiger partial charge in [-0.05, 0) is 23.5 Å². The molecule has 0 radical (unpaired) electrons. The number of pyridine rings is 3. The van der Waals surface area contributed by atoms with E-state index >= 15 is 0 Å². The van der Waals surface area contributed by atoms with Crippen LogP contribution in [0.1, 0.15) is 0 Å². The monoisotopic (exact) mass is 1300 g/mol. The number of hydrogen-bond acceptors (Lipinski definition) is 19. The van der Waals surface area contributed by atoms with E-state index in [9.17, 15) is 0 Å². The minimum Gasteiger partial charge on any atom is -0.534 e. The predicted octanol–water partition coefficient (Wildman–Crippen LogP) is 7.37. The molecule has 0 aliphatic carbocycles. The van der Waals surface area contributed by atoms with Crippen LogP contribution in [0.2, 0.25) is 0 Å². The molecule has 0 saturated carbocycles. The van der Waals surface area contributed by atoms with Crippen LogP contribution in [0.5, 0.6) is 23.0 Å². The average Bonchev–Trinajstić information content (AvgIpc) is 3.50. The Morgan fingerprint density at radius 1 is 0.259 bits per heavy atom. The maximum Gasteiger partial charge on any atom is 3.00 e. The van der Waals surface area contributed by atoms with Crippen LogP contribution in [0.15, 0.2) is 109 Å². The Morgan fingerprint density at radius 3 is 0.802 bits per heavy atom. The van der Waals surface area contributed by atoms with E-state index in [1.807, 2.05) is 97.1 Å². The fourth-order valence-corrected chi connectivity index (χ4v) is 7.35. The van der Waals surface area contributed by atoms with Crippen LogP contribution in [-0.2, 0) is 76.9 Å². The zero-order valence-corrected chi connectivity index (χ0v) is 48.3. The molecule has 0 unspecified atom stereocenters. The molecule has 9 heterocycles. The number of ether oxygens (including phenoxy) is 16. The molecule has 20 heteroatoms. The number of rotatable bonds is 0. The van der Waals surface area contributed by atoms with Gasteiger partial charge in [-0.15, -0.1) is 83.9 Å². The summed E-state index contributed by atoms with van der Waals surface area (Å²) in [5.41, 5.74) is 6.74. The SMILES string of the molecule is [Ir+3].[c-]1c2cccc1-c1ccc(cn1)OCCOCCOCCOCCOCCOCCOCCOc1ccc-2nc1.[c-]1cc2ccc1-c1cccc(n1)-c1[c-]cc(cc1)OCCOCCOCCOCCOCCOCCOCCO2. The van der Waals surface area contributed by atoms with E-state index < -0.39 is 0 Å². The van der Waals surface area contributed by atoms with Crippen molar-refractivity contribution < 1.29 is 95.9 Å². The van der Waals surface area contributed by atoms with Crippen molar-refractivity contribution in [2.45, 2.75) is 0 Å². The number of fused-ring (bicyclic) bond motifs is 4. The van der Waals surface area contributed by atoms with Crippen LogP contribution in [-0.4, -0.2) is 200 Å². The van der Waals surface area contributed by atoms with E-state index in [1.165, 1.54) is 0 Å². The second-order valence-corrected chi connectivity index (χ2v) is 17.3. The van der Waals surface area contributed by atoms with Crippen LogP contribution in [0.4, 0.5) is 0 Å². The standard InChI is InChI=1S/C31H37NO8.C30H37N2O8.Ir/c1-2-30-26-4-8-28(9-5-26)39-24-22-37-20-18-35-16-14-33-12-13-34-15-17-36-19-21-38-23-25-40-29-10-6-27(7-11-29)31(3-1)32-30;1-2-25-22-26(3-1)30-7-5-28(24-32-30)40-21-19-38-17-15-36-13-11-34-9-8-33-10-12-35-14-16-37-18-20-39-27-4-6-29(25)31-23-27;/h1-4,6,8-11H,12-25H2;1-7,23-24H,8-21H2;/q-2;-1;+3. The Labute approximate surface area is 489 Å². The molecule has 0 saturated heterocycles. The molecular formula is C61H74IrN3O16. The topological polar surface area (TPSA) is 186 Å². The number of aromatic nitrogens is 3. The second kappa shape index (κ2) is 41.5. The first-order valence-corrected chi connectivity index (χ1v) is 27.2. The van der Waals surface area contributed by atoms with Crippen LogP contribution in [0.25, 0.3) is 45.0 Å². The molecular weight excluding hydrogens is 1220 g/mol. The molecule has 12 bridgehead atoms. The maximum atomic E-state index is 5.76. The van der Waals surface area contributed by atoms with Gasteiger partial charge in [0.05, 0.1) is 184 Å². The van der Waals surface area contributed by atoms with E-state index in [4.69, 9.17) is 80.8 Å². The van der Waals surface area contributed by atoms with Crippen LogP contribution < -0.4 is 18.9 Å². The fourth-order valence-electron chi connectivity index (χ4n) is 7.35. The quantitative estimate of drug-likeness (QED) is 0.137. The summed E-state index contributed by atoms with van der Waals surface area (Å²) >= 11 is 0. The van der Waals surface area contributed by atoms with Gasteiger partial charge in [-0.3, -0.25) is 9.97 Å². The summed E-state index contributed by atoms with van der Waals surface area (Å²) in [7, 11) is 0. The maximum absolute atomic E-state index is 5.76. The molecule has 0 spiro atoms. The summed E-state index contributed by atoms with van der Waals surface area (Å²) in [5, 5.41) is 0. The van der Waals surface area contributed by atoms with E-state index in [2.05, 4.69) is 28.2 Å². The largest absolute Gasteiger partial charge is 3.00 e. The van der Waals surface area contributed by atoms with Crippen molar-refractivity contribution in [2.24, 2.45) is 0 Å². The van der Waals surface area contributed by atoms with E-state index in [0.29, 0.717) is 196 Å². The van der Waals surface area contributed by atoms with Gasteiger partial charge in [0, 0.05) is 22.9 Å². The van der Waals surface area contributed by atoms with Crippen LogP contribution in [0.3, 0.4) is 0 Å². The molecule has 0 atom stereocenters. The summed E-state index contributed by atoms with van der Waals surface area (Å²) in [6.45, 7) is 13.7. The average molecular weight is 1300 g/mol. The predicted molar refractivity (Wildman–Crippen MR) is 296 cm³/mol. The zero-order valence-electron chi connectivity index (χ0n) is 45.9. The second-order valence-electron chi connectivity index (χ2n) is 17.3. The summed E-state index contributed by atoms with van der Waals surface area (Å²) in [4.78, 5) is 13.9. The van der Waals surface area contributed by atoms with Gasteiger partial charge >= 0.3 is 20.1 Å². The van der Waals surface area contributed by atoms with Crippen molar-refractivity contribution in [3.8, 4) is 68.0 Å². The third-order valence-corrected chi connectivity index (χ3v) is 11.4. The minimum atomic E-state index is 0. The van der Waals surface area contributed by atoms with Crippen LogP contribution in [0, 0.1) is 18.2 Å². The van der Waals surface area contributed by atoms with Crippen molar-refractivity contribution in [3.05, 3.63) is 128 Å². The molecule has 6 aliphatic heterocycles. The first-order chi connectivity index (χ1) is 39.8. The number of nitrogens with zero attached hydrogens (tertiary/aromatic N) is 3. The molecule has 438 valence electrons. The molecule has 81 heavy (non-hydrogen) atoms. The summed E-state index contributed by atoms with van der Waals surface area (Å²) in [5.74, 6) is 2.81. The van der Waals surface area contributed by atoms with Gasteiger partial charge in [0.2, 0.25) is 0 Å². The van der Waals surface area contributed by atoms with Crippen LogP contribution >= 0.6 is 0 Å². The Kier molecular flexibility index (Phi) is 33.1. The van der Waals surface area contributed by atoms with Gasteiger partial charge in [0.1, 0.15) is 24.7 Å². The van der Waals surface area contributed by atoms with Gasteiger partial charge < -0.3 is 80.8 Å². The van der Waals surface area contributed by atoms with E-state index in [0.717, 1.165) is 56.5 Å². The third kappa shape index (κ3) is 27.0. The van der Waals surface area contributed by atoms with Gasteiger partial charge in [-0.1, -0.05) is 41.5 Å². The molecule has 0 fully saturated rings. The van der Waals surface area contributed by atoms with Gasteiger partial charge in [-0.2, -0.15) is 0 Å². The Bertz CT molecular complexity index is 2180. The third-order valence-electron chi connectivity index (χ3n) is 11.4. The minimum absolute atomic E-state index is 0. The van der Waals surface area contributed by atoms with Gasteiger partial charge in [-0.25, -0.2) is 0 Å². The zero-order chi connectivity index (χ0) is 55.0. The Balaban J connectivity index is 0.000000258.